The van der Waals surface area contributed by atoms with Gasteiger partial charge in [0.15, 0.2) is 0 Å². The predicted octanol–water partition coefficient (Wildman–Crippen LogP) is 3.76. The molecule has 0 aliphatic carbocycles. The third-order valence-electron chi connectivity index (χ3n) is 4.83. The van der Waals surface area contributed by atoms with E-state index in [-0.39, 0.29) is 10.9 Å². The SMILES string of the molecule is NC(=O)[C@@H]1CCCCN1C(=O)[CH]Cc1ccc(-c2ccc(F)c(Cl)c2)cc1. The van der Waals surface area contributed by atoms with Gasteiger partial charge in [0.25, 0.3) is 0 Å². The average molecular weight is 388 g/mol. The molecule has 0 spiro atoms. The summed E-state index contributed by atoms with van der Waals surface area (Å²) in [7, 11) is 0. The molecule has 1 radical (unpaired) electrons. The summed E-state index contributed by atoms with van der Waals surface area (Å²) in [6.45, 7) is 0.563. The summed E-state index contributed by atoms with van der Waals surface area (Å²) in [6.07, 6.45) is 4.48. The fraction of sp³-hybridized carbons (Fsp3) is 0.286. The summed E-state index contributed by atoms with van der Waals surface area (Å²) in [5.41, 5.74) is 8.12. The summed E-state index contributed by atoms with van der Waals surface area (Å²) in [5.74, 6) is -1.05. The van der Waals surface area contributed by atoms with Gasteiger partial charge in [-0.15, -0.1) is 0 Å². The molecule has 0 aromatic heterocycles. The minimum absolute atomic E-state index is 0.0843. The Kier molecular flexibility index (Phi) is 6.11. The fourth-order valence-electron chi connectivity index (χ4n) is 3.32. The van der Waals surface area contributed by atoms with Crippen LogP contribution in [0.5, 0.6) is 0 Å². The third-order valence-corrected chi connectivity index (χ3v) is 5.12. The topological polar surface area (TPSA) is 63.4 Å². The number of nitrogens with zero attached hydrogens (tertiary/aromatic N) is 1. The van der Waals surface area contributed by atoms with E-state index in [1.807, 2.05) is 24.3 Å². The molecule has 3 rings (SSSR count). The lowest BCUT2D eigenvalue weighted by Crippen LogP contribution is -2.50. The molecule has 27 heavy (non-hydrogen) atoms. The Morgan fingerprint density at radius 1 is 1.15 bits per heavy atom. The van der Waals surface area contributed by atoms with Gasteiger partial charge in [0.2, 0.25) is 11.8 Å². The Labute approximate surface area is 163 Å². The molecule has 141 valence electrons. The number of hydrogen-bond acceptors (Lipinski definition) is 2. The summed E-state index contributed by atoms with van der Waals surface area (Å²) >= 11 is 5.83. The number of amides is 2. The van der Waals surface area contributed by atoms with Crippen molar-refractivity contribution in [3.63, 3.8) is 0 Å². The summed E-state index contributed by atoms with van der Waals surface area (Å²) in [6, 6.07) is 11.7. The van der Waals surface area contributed by atoms with Crippen LogP contribution in [-0.2, 0) is 16.0 Å². The summed E-state index contributed by atoms with van der Waals surface area (Å²) in [5, 5.41) is 0.0843. The average Bonchev–Trinajstić information content (AvgIpc) is 2.68. The first-order valence-corrected chi connectivity index (χ1v) is 9.31. The maximum atomic E-state index is 13.3. The summed E-state index contributed by atoms with van der Waals surface area (Å²) < 4.78 is 13.3. The van der Waals surface area contributed by atoms with Crippen molar-refractivity contribution in [1.82, 2.24) is 4.90 Å². The van der Waals surface area contributed by atoms with Crippen LogP contribution in [0.15, 0.2) is 42.5 Å². The van der Waals surface area contributed by atoms with E-state index in [0.717, 1.165) is 29.5 Å². The normalized spacial score (nSPS) is 17.0. The van der Waals surface area contributed by atoms with Gasteiger partial charge < -0.3 is 10.6 Å². The number of primary amides is 1. The summed E-state index contributed by atoms with van der Waals surface area (Å²) in [4.78, 5) is 25.6. The Morgan fingerprint density at radius 2 is 1.85 bits per heavy atom. The lowest BCUT2D eigenvalue weighted by Gasteiger charge is -2.33. The molecule has 2 N–H and O–H groups in total. The van der Waals surface area contributed by atoms with Crippen molar-refractivity contribution in [2.75, 3.05) is 6.54 Å². The molecule has 0 saturated carbocycles. The van der Waals surface area contributed by atoms with Crippen molar-refractivity contribution in [1.29, 1.82) is 0 Å². The molecule has 1 saturated heterocycles. The molecule has 1 fully saturated rings. The minimum atomic E-state index is -0.506. The van der Waals surface area contributed by atoms with Gasteiger partial charge in [0.05, 0.1) is 11.4 Å². The van der Waals surface area contributed by atoms with Gasteiger partial charge >= 0.3 is 0 Å². The van der Waals surface area contributed by atoms with E-state index < -0.39 is 17.8 Å². The number of benzene rings is 2. The number of nitrogens with two attached hydrogens (primary N) is 1. The maximum absolute atomic E-state index is 13.3. The van der Waals surface area contributed by atoms with Gasteiger partial charge in [-0.3, -0.25) is 9.59 Å². The van der Waals surface area contributed by atoms with E-state index in [2.05, 4.69) is 0 Å². The van der Waals surface area contributed by atoms with Crippen LogP contribution in [0.2, 0.25) is 5.02 Å². The molecule has 1 heterocycles. The standard InChI is InChI=1S/C21H21ClFN2O2/c22-17-13-16(9-10-18(17)23)15-7-4-14(5-8-15)6-11-20(26)25-12-2-1-3-19(25)21(24)27/h4-5,7-11,13,19H,1-3,6,12H2,(H2,24,27)/t19-/m0/s1. The molecule has 0 unspecified atom stereocenters. The van der Waals surface area contributed by atoms with Crippen molar-refractivity contribution in [2.45, 2.75) is 31.7 Å². The molecule has 2 amide bonds. The zero-order valence-electron chi connectivity index (χ0n) is 14.8. The van der Waals surface area contributed by atoms with Crippen LogP contribution < -0.4 is 5.73 Å². The largest absolute Gasteiger partial charge is 0.368 e. The highest BCUT2D eigenvalue weighted by Crippen LogP contribution is 2.25. The molecular weight excluding hydrogens is 367 g/mol. The highest BCUT2D eigenvalue weighted by Gasteiger charge is 2.30. The zero-order valence-corrected chi connectivity index (χ0v) is 15.6. The van der Waals surface area contributed by atoms with Gasteiger partial charge in [-0.1, -0.05) is 41.9 Å². The van der Waals surface area contributed by atoms with Crippen LogP contribution in [-0.4, -0.2) is 29.3 Å². The van der Waals surface area contributed by atoms with Crippen LogP contribution in [0, 0.1) is 12.2 Å². The van der Waals surface area contributed by atoms with E-state index in [1.165, 1.54) is 6.07 Å². The first-order chi connectivity index (χ1) is 13.0. The number of halogens is 2. The monoisotopic (exact) mass is 387 g/mol. The van der Waals surface area contributed by atoms with Gasteiger partial charge in [-0.05, 0) is 54.5 Å². The van der Waals surface area contributed by atoms with Gasteiger partial charge in [0, 0.05) is 6.54 Å². The fourth-order valence-corrected chi connectivity index (χ4v) is 3.50. The molecule has 0 bridgehead atoms. The quantitative estimate of drug-likeness (QED) is 0.849. The second-order valence-electron chi connectivity index (χ2n) is 6.68. The third kappa shape index (κ3) is 4.66. The van der Waals surface area contributed by atoms with E-state index in [1.54, 1.807) is 23.5 Å². The number of rotatable bonds is 5. The maximum Gasteiger partial charge on any atom is 0.240 e. The van der Waals surface area contributed by atoms with E-state index in [9.17, 15) is 14.0 Å². The van der Waals surface area contributed by atoms with E-state index in [4.69, 9.17) is 17.3 Å². The number of likely N-dealkylation sites (tertiary alicyclic amines) is 1. The Hall–Kier alpha value is -2.40. The molecule has 2 aromatic rings. The Morgan fingerprint density at radius 3 is 2.52 bits per heavy atom. The zero-order chi connectivity index (χ0) is 19.4. The second kappa shape index (κ2) is 8.53. The number of piperidine rings is 1. The van der Waals surface area contributed by atoms with Crippen LogP contribution >= 0.6 is 11.6 Å². The van der Waals surface area contributed by atoms with Crippen molar-refractivity contribution in [2.24, 2.45) is 5.73 Å². The van der Waals surface area contributed by atoms with E-state index in [0.29, 0.717) is 19.4 Å². The van der Waals surface area contributed by atoms with Crippen molar-refractivity contribution in [3.05, 3.63) is 65.3 Å². The van der Waals surface area contributed by atoms with Crippen LogP contribution in [0.4, 0.5) is 4.39 Å². The van der Waals surface area contributed by atoms with Crippen molar-refractivity contribution < 1.29 is 14.0 Å². The predicted molar refractivity (Wildman–Crippen MR) is 103 cm³/mol. The molecule has 1 aliphatic heterocycles. The molecular formula is C21H21ClFN2O2. The molecule has 1 aliphatic rings. The number of carbonyl (C=O) groups is 2. The second-order valence-corrected chi connectivity index (χ2v) is 7.09. The Balaban J connectivity index is 1.62. The lowest BCUT2D eigenvalue weighted by atomic mass is 9.99. The van der Waals surface area contributed by atoms with Crippen LogP contribution in [0.25, 0.3) is 11.1 Å². The molecule has 6 heteroatoms. The highest BCUT2D eigenvalue weighted by atomic mass is 35.5. The smallest absolute Gasteiger partial charge is 0.240 e. The van der Waals surface area contributed by atoms with Crippen LogP contribution in [0.3, 0.4) is 0 Å². The van der Waals surface area contributed by atoms with Gasteiger partial charge in [-0.25, -0.2) is 4.39 Å². The Bertz CT molecular complexity index is 839. The first-order valence-electron chi connectivity index (χ1n) is 8.93. The first kappa shape index (κ1) is 19.4. The van der Waals surface area contributed by atoms with Crippen LogP contribution in [0.1, 0.15) is 24.8 Å². The number of hydrogen-bond donors (Lipinski definition) is 1. The van der Waals surface area contributed by atoms with E-state index >= 15 is 0 Å². The molecule has 4 nitrogen and oxygen atoms in total. The lowest BCUT2D eigenvalue weighted by molar-refractivity contribution is -0.138. The molecule has 2 aromatic carbocycles. The molecule has 1 atom stereocenters. The minimum Gasteiger partial charge on any atom is -0.368 e. The van der Waals surface area contributed by atoms with Crippen molar-refractivity contribution >= 4 is 23.4 Å². The highest BCUT2D eigenvalue weighted by molar-refractivity contribution is 6.31. The van der Waals surface area contributed by atoms with Gasteiger partial charge in [0.1, 0.15) is 11.9 Å². The van der Waals surface area contributed by atoms with Crippen molar-refractivity contribution in [3.8, 4) is 11.1 Å². The number of carbonyl (C=O) groups excluding carboxylic acids is 2. The van der Waals surface area contributed by atoms with Gasteiger partial charge in [-0.2, -0.15) is 0 Å².